The molecular weight excluding hydrogens is 354 g/mol. The van der Waals surface area contributed by atoms with Crippen molar-refractivity contribution in [2.24, 2.45) is 11.5 Å². The number of primary amides is 2. The van der Waals surface area contributed by atoms with Crippen LogP contribution in [0.5, 0.6) is 0 Å². The largest absolute Gasteiger partial charge is 0.611 e. The molecule has 1 aromatic carbocycles. The average molecular weight is 375 g/mol. The highest BCUT2D eigenvalue weighted by atomic mass is 32.2. The van der Waals surface area contributed by atoms with Crippen LogP contribution >= 0.6 is 0 Å². The summed E-state index contributed by atoms with van der Waals surface area (Å²) in [7, 11) is 0. The highest BCUT2D eigenvalue weighted by Crippen LogP contribution is 2.29. The number of carbonyl (C=O) groups is 2. The van der Waals surface area contributed by atoms with Gasteiger partial charge in [-0.25, -0.2) is 9.48 Å². The molecule has 1 aliphatic rings. The standard InChI is InChI=1S/C17H21N5O3S/c18-16(23)15-14(20-17(19)24)10-22(21-15)11-6-8-13(9-7-11)26(25)12-4-2-1-3-5-12/h6-10,12H,1-5H2,(H2,18,23)(H3,19,20,24). The lowest BCUT2D eigenvalue weighted by molar-refractivity contribution is 0.0996. The van der Waals surface area contributed by atoms with E-state index in [0.717, 1.165) is 30.6 Å². The van der Waals surface area contributed by atoms with Gasteiger partial charge in [-0.3, -0.25) is 4.79 Å². The smallest absolute Gasteiger partial charge is 0.316 e. The number of nitrogens with zero attached hydrogens (tertiary/aromatic N) is 2. The Kier molecular flexibility index (Phi) is 5.48. The van der Waals surface area contributed by atoms with Crippen molar-refractivity contribution < 1.29 is 14.1 Å². The van der Waals surface area contributed by atoms with Crippen molar-refractivity contribution in [2.45, 2.75) is 42.2 Å². The number of rotatable bonds is 5. The van der Waals surface area contributed by atoms with Gasteiger partial charge in [0.2, 0.25) is 0 Å². The Labute approximate surface area is 154 Å². The SMILES string of the molecule is NC(=O)Nc1cn(-c2ccc([S+]([O-])C3CCCCC3)cc2)nc1C(N)=O. The second-order valence-electron chi connectivity index (χ2n) is 6.24. The topological polar surface area (TPSA) is 139 Å². The van der Waals surface area contributed by atoms with Crippen LogP contribution in [0.4, 0.5) is 10.5 Å². The molecule has 3 amide bonds. The molecule has 1 saturated carbocycles. The fourth-order valence-corrected chi connectivity index (χ4v) is 4.67. The number of aromatic nitrogens is 2. The van der Waals surface area contributed by atoms with E-state index >= 15 is 0 Å². The van der Waals surface area contributed by atoms with E-state index in [1.54, 1.807) is 24.3 Å². The summed E-state index contributed by atoms with van der Waals surface area (Å²) in [6.07, 6.45) is 6.93. The van der Waals surface area contributed by atoms with Gasteiger partial charge in [0.05, 0.1) is 17.6 Å². The molecule has 8 nitrogen and oxygen atoms in total. The molecule has 2 aromatic rings. The molecule has 1 aromatic heterocycles. The first kappa shape index (κ1) is 18.3. The summed E-state index contributed by atoms with van der Waals surface area (Å²) in [5, 5.41) is 6.63. The van der Waals surface area contributed by atoms with Crippen LogP contribution in [-0.2, 0) is 11.2 Å². The third-order valence-electron chi connectivity index (χ3n) is 4.39. The number of amides is 3. The number of urea groups is 1. The Bertz CT molecular complexity index is 799. The number of benzene rings is 1. The molecule has 0 bridgehead atoms. The van der Waals surface area contributed by atoms with Crippen molar-refractivity contribution in [3.8, 4) is 5.69 Å². The number of carbonyl (C=O) groups excluding carboxylic acids is 2. The van der Waals surface area contributed by atoms with Gasteiger partial charge in [-0.1, -0.05) is 6.42 Å². The van der Waals surface area contributed by atoms with E-state index in [9.17, 15) is 14.1 Å². The van der Waals surface area contributed by atoms with Crippen molar-refractivity contribution in [2.75, 3.05) is 5.32 Å². The first-order valence-corrected chi connectivity index (χ1v) is 9.64. The Morgan fingerprint density at radius 2 is 1.81 bits per heavy atom. The Morgan fingerprint density at radius 3 is 2.38 bits per heavy atom. The summed E-state index contributed by atoms with van der Waals surface area (Å²) in [6.45, 7) is 0. The van der Waals surface area contributed by atoms with Gasteiger partial charge in [0.15, 0.2) is 10.6 Å². The summed E-state index contributed by atoms with van der Waals surface area (Å²) >= 11 is -1.03. The predicted molar refractivity (Wildman–Crippen MR) is 98.6 cm³/mol. The predicted octanol–water partition coefficient (Wildman–Crippen LogP) is 1.90. The molecule has 0 aliphatic heterocycles. The highest BCUT2D eigenvalue weighted by molar-refractivity contribution is 7.92. The molecule has 9 heteroatoms. The van der Waals surface area contributed by atoms with Gasteiger partial charge < -0.3 is 21.3 Å². The molecule has 0 saturated heterocycles. The summed E-state index contributed by atoms with van der Waals surface area (Å²) in [5.41, 5.74) is 11.1. The van der Waals surface area contributed by atoms with E-state index in [2.05, 4.69) is 10.4 Å². The van der Waals surface area contributed by atoms with Crippen LogP contribution < -0.4 is 16.8 Å². The summed E-state index contributed by atoms with van der Waals surface area (Å²) in [6, 6.07) is 6.31. The number of hydrogen-bond donors (Lipinski definition) is 3. The van der Waals surface area contributed by atoms with Crippen molar-refractivity contribution in [1.82, 2.24) is 9.78 Å². The fraction of sp³-hybridized carbons (Fsp3) is 0.353. The Balaban J connectivity index is 1.81. The van der Waals surface area contributed by atoms with Gasteiger partial charge in [0, 0.05) is 0 Å². The zero-order valence-corrected chi connectivity index (χ0v) is 15.0. The number of anilines is 1. The van der Waals surface area contributed by atoms with E-state index in [4.69, 9.17) is 11.5 Å². The Morgan fingerprint density at radius 1 is 1.15 bits per heavy atom. The lowest BCUT2D eigenvalue weighted by atomic mass is 10.0. The maximum absolute atomic E-state index is 12.7. The van der Waals surface area contributed by atoms with Gasteiger partial charge in [-0.05, 0) is 61.1 Å². The van der Waals surface area contributed by atoms with Crippen molar-refractivity contribution in [3.05, 3.63) is 36.2 Å². The van der Waals surface area contributed by atoms with Crippen LogP contribution in [0, 0.1) is 0 Å². The first-order valence-electron chi connectivity index (χ1n) is 8.42. The quantitative estimate of drug-likeness (QED) is 0.687. The van der Waals surface area contributed by atoms with E-state index < -0.39 is 23.1 Å². The van der Waals surface area contributed by atoms with Gasteiger partial charge in [-0.2, -0.15) is 5.10 Å². The second kappa shape index (κ2) is 7.79. The third-order valence-corrected chi connectivity index (χ3v) is 6.21. The molecule has 1 atom stereocenters. The van der Waals surface area contributed by atoms with E-state index in [0.29, 0.717) is 5.69 Å². The summed E-state index contributed by atoms with van der Waals surface area (Å²) in [4.78, 5) is 23.3. The normalized spacial score (nSPS) is 16.2. The fourth-order valence-electron chi connectivity index (χ4n) is 3.12. The third kappa shape index (κ3) is 4.00. The molecule has 1 fully saturated rings. The number of nitrogens with two attached hydrogens (primary N) is 2. The highest BCUT2D eigenvalue weighted by Gasteiger charge is 2.26. The molecule has 1 heterocycles. The van der Waals surface area contributed by atoms with Crippen LogP contribution in [0.2, 0.25) is 0 Å². The van der Waals surface area contributed by atoms with E-state index in [-0.39, 0.29) is 16.6 Å². The van der Waals surface area contributed by atoms with Crippen LogP contribution in [0.25, 0.3) is 5.69 Å². The van der Waals surface area contributed by atoms with Crippen molar-refractivity contribution in [1.29, 1.82) is 0 Å². The van der Waals surface area contributed by atoms with Gasteiger partial charge >= 0.3 is 6.03 Å². The van der Waals surface area contributed by atoms with Gasteiger partial charge in [0.25, 0.3) is 5.91 Å². The maximum Gasteiger partial charge on any atom is 0.316 e. The van der Waals surface area contributed by atoms with E-state index in [1.807, 2.05) is 0 Å². The molecule has 5 N–H and O–H groups in total. The zero-order chi connectivity index (χ0) is 18.7. The monoisotopic (exact) mass is 375 g/mol. The molecule has 26 heavy (non-hydrogen) atoms. The van der Waals surface area contributed by atoms with Crippen LogP contribution in [0.1, 0.15) is 42.6 Å². The van der Waals surface area contributed by atoms with Gasteiger partial charge in [0.1, 0.15) is 5.25 Å². The molecule has 3 rings (SSSR count). The van der Waals surface area contributed by atoms with Gasteiger partial charge in [-0.15, -0.1) is 0 Å². The minimum Gasteiger partial charge on any atom is -0.611 e. The zero-order valence-electron chi connectivity index (χ0n) is 14.2. The first-order chi connectivity index (χ1) is 12.5. The van der Waals surface area contributed by atoms with Crippen molar-refractivity contribution in [3.63, 3.8) is 0 Å². The molecule has 1 aliphatic carbocycles. The molecule has 0 radical (unpaired) electrons. The minimum atomic E-state index is -1.03. The van der Waals surface area contributed by atoms with Crippen LogP contribution in [-0.4, -0.2) is 31.5 Å². The maximum atomic E-state index is 12.7. The lowest BCUT2D eigenvalue weighted by Crippen LogP contribution is -2.24. The number of nitrogens with one attached hydrogen (secondary N) is 1. The van der Waals surface area contributed by atoms with E-state index in [1.165, 1.54) is 17.3 Å². The Hall–Kier alpha value is -2.52. The second-order valence-corrected chi connectivity index (χ2v) is 7.97. The molecular formula is C17H21N5O3S. The molecule has 138 valence electrons. The average Bonchev–Trinajstić information content (AvgIpc) is 3.05. The van der Waals surface area contributed by atoms with Crippen molar-refractivity contribution >= 4 is 28.8 Å². The summed E-state index contributed by atoms with van der Waals surface area (Å²) in [5.74, 6) is -0.775. The summed E-state index contributed by atoms with van der Waals surface area (Å²) < 4.78 is 14.1. The lowest BCUT2D eigenvalue weighted by Gasteiger charge is -2.24. The van der Waals surface area contributed by atoms with Crippen LogP contribution in [0.3, 0.4) is 0 Å². The minimum absolute atomic E-state index is 0.0846. The van der Waals surface area contributed by atoms with Crippen LogP contribution in [0.15, 0.2) is 35.4 Å². The molecule has 1 unspecified atom stereocenters. The molecule has 0 spiro atoms. The number of hydrogen-bond acceptors (Lipinski definition) is 4.